The zero-order chi connectivity index (χ0) is 17.1. The summed E-state index contributed by atoms with van der Waals surface area (Å²) in [4.78, 5) is 47.7. The molecule has 0 atom stereocenters. The maximum absolute atomic E-state index is 12.6. The average molecular weight is 316 g/mol. The molecular formula is C12H14NO9. The van der Waals surface area contributed by atoms with Crippen molar-refractivity contribution in [2.24, 2.45) is 0 Å². The fourth-order valence-corrected chi connectivity index (χ4v) is 2.05. The highest BCUT2D eigenvalue weighted by molar-refractivity contribution is 6.14. The van der Waals surface area contributed by atoms with Crippen molar-refractivity contribution in [2.75, 3.05) is 28.4 Å². The normalized spacial score (nSPS) is 18.4. The minimum absolute atomic E-state index is 0.352. The van der Waals surface area contributed by atoms with Crippen LogP contribution in [0.4, 0.5) is 0 Å². The van der Waals surface area contributed by atoms with Gasteiger partial charge in [0.2, 0.25) is 0 Å². The Morgan fingerprint density at radius 1 is 0.682 bits per heavy atom. The largest absolute Gasteiger partial charge is 0.467 e. The van der Waals surface area contributed by atoms with E-state index in [1.807, 2.05) is 0 Å². The van der Waals surface area contributed by atoms with Crippen LogP contribution in [0.3, 0.4) is 0 Å². The minimum Gasteiger partial charge on any atom is -0.467 e. The fourth-order valence-electron chi connectivity index (χ4n) is 2.05. The molecule has 0 saturated carbocycles. The Morgan fingerprint density at radius 2 is 0.909 bits per heavy atom. The van der Waals surface area contributed by atoms with Crippen molar-refractivity contribution in [3.8, 4) is 0 Å². The first-order valence-corrected chi connectivity index (χ1v) is 5.81. The minimum atomic E-state index is -2.66. The summed E-state index contributed by atoms with van der Waals surface area (Å²) in [5, 5.41) is 12.2. The quantitative estimate of drug-likeness (QED) is 0.260. The van der Waals surface area contributed by atoms with Gasteiger partial charge in [-0.15, -0.1) is 5.21 Å². The van der Waals surface area contributed by atoms with Crippen LogP contribution in [0, 0.1) is 0 Å². The second kappa shape index (κ2) is 6.12. The number of nitrogens with zero attached hydrogens (tertiary/aromatic N) is 1. The molecule has 10 heteroatoms. The number of esters is 4. The Kier molecular flexibility index (Phi) is 4.89. The third-order valence-electron chi connectivity index (χ3n) is 3.19. The van der Waals surface area contributed by atoms with E-state index in [1.54, 1.807) is 0 Å². The molecule has 0 aliphatic carbocycles. The van der Waals surface area contributed by atoms with E-state index >= 15 is 0 Å². The van der Waals surface area contributed by atoms with E-state index in [0.29, 0.717) is 0 Å². The van der Waals surface area contributed by atoms with Crippen molar-refractivity contribution in [2.45, 2.75) is 11.1 Å². The lowest BCUT2D eigenvalue weighted by atomic mass is 9.99. The highest BCUT2D eigenvalue weighted by atomic mass is 16.6. The summed E-state index contributed by atoms with van der Waals surface area (Å²) < 4.78 is 17.7. The summed E-state index contributed by atoms with van der Waals surface area (Å²) >= 11 is 0. The molecule has 0 fully saturated rings. The lowest BCUT2D eigenvalue weighted by Crippen LogP contribution is -2.66. The number of rotatable bonds is 4. The van der Waals surface area contributed by atoms with Crippen LogP contribution in [0.1, 0.15) is 0 Å². The highest BCUT2D eigenvalue weighted by Gasteiger charge is 2.70. The van der Waals surface area contributed by atoms with Crippen molar-refractivity contribution in [1.82, 2.24) is 5.06 Å². The van der Waals surface area contributed by atoms with Crippen LogP contribution < -0.4 is 0 Å². The number of hydroxylamine groups is 2. The van der Waals surface area contributed by atoms with Gasteiger partial charge in [0.1, 0.15) is 0 Å². The SMILES string of the molecule is COC(=O)C1(C(=O)OC)C=CC(C(=O)OC)(C(=O)OC)N1[O]. The summed E-state index contributed by atoms with van der Waals surface area (Å²) in [6.45, 7) is 0. The standard InChI is InChI=1S/C12H14NO9/c1-19-7(14)11(8(15)20-2)5-6-12(13(11)18,9(16)21-3)10(17)22-4/h5-6H,1-4H3. The van der Waals surface area contributed by atoms with Crippen LogP contribution in [-0.4, -0.2) is 68.5 Å². The third kappa shape index (κ3) is 2.04. The van der Waals surface area contributed by atoms with E-state index in [9.17, 15) is 24.4 Å². The number of hydrogen-bond acceptors (Lipinski definition) is 9. The molecule has 0 unspecified atom stereocenters. The summed E-state index contributed by atoms with van der Waals surface area (Å²) in [6.07, 6.45) is 1.48. The molecule has 0 aromatic heterocycles. The summed E-state index contributed by atoms with van der Waals surface area (Å²) in [6, 6.07) is 0. The fraction of sp³-hybridized carbons (Fsp3) is 0.500. The summed E-state index contributed by atoms with van der Waals surface area (Å²) in [7, 11) is 3.69. The van der Waals surface area contributed by atoms with Crippen molar-refractivity contribution < 1.29 is 43.3 Å². The average Bonchev–Trinajstić information content (AvgIpc) is 2.87. The third-order valence-corrected chi connectivity index (χ3v) is 3.19. The number of hydrogen-bond donors (Lipinski definition) is 0. The highest BCUT2D eigenvalue weighted by Crippen LogP contribution is 2.37. The second-order valence-electron chi connectivity index (χ2n) is 4.13. The molecule has 0 saturated heterocycles. The van der Waals surface area contributed by atoms with Gasteiger partial charge in [-0.25, -0.2) is 19.2 Å². The summed E-state index contributed by atoms with van der Waals surface area (Å²) in [5.41, 5.74) is -5.32. The molecule has 121 valence electrons. The number of carbonyl (C=O) groups excluding carboxylic acids is 4. The monoisotopic (exact) mass is 316 g/mol. The second-order valence-corrected chi connectivity index (χ2v) is 4.13. The molecule has 0 amide bonds. The molecule has 22 heavy (non-hydrogen) atoms. The van der Waals surface area contributed by atoms with Crippen LogP contribution in [-0.2, 0) is 43.3 Å². The molecule has 1 aliphatic rings. The topological polar surface area (TPSA) is 128 Å². The number of carbonyl (C=O) groups is 4. The van der Waals surface area contributed by atoms with E-state index in [1.165, 1.54) is 0 Å². The summed E-state index contributed by atoms with van der Waals surface area (Å²) in [5.74, 6) is -5.33. The van der Waals surface area contributed by atoms with Gasteiger partial charge in [0.25, 0.3) is 11.1 Å². The first kappa shape index (κ1) is 17.6. The first-order valence-electron chi connectivity index (χ1n) is 5.81. The lowest BCUT2D eigenvalue weighted by molar-refractivity contribution is -0.257. The van der Waals surface area contributed by atoms with Gasteiger partial charge in [-0.3, -0.25) is 0 Å². The molecule has 0 bridgehead atoms. The van der Waals surface area contributed by atoms with E-state index < -0.39 is 35.0 Å². The Bertz CT molecular complexity index is 461. The van der Waals surface area contributed by atoms with Crippen molar-refractivity contribution in [3.63, 3.8) is 0 Å². The van der Waals surface area contributed by atoms with Crippen LogP contribution in [0.25, 0.3) is 0 Å². The predicted octanol–water partition coefficient (Wildman–Crippen LogP) is -1.63. The molecule has 0 N–H and O–H groups in total. The number of methoxy groups -OCH3 is 4. The van der Waals surface area contributed by atoms with Gasteiger partial charge in [-0.05, 0) is 12.2 Å². The van der Waals surface area contributed by atoms with Crippen molar-refractivity contribution >= 4 is 23.9 Å². The lowest BCUT2D eigenvalue weighted by Gasteiger charge is -2.33. The Hall–Kier alpha value is -2.46. The van der Waals surface area contributed by atoms with E-state index in [-0.39, 0.29) is 5.06 Å². The van der Waals surface area contributed by atoms with Crippen LogP contribution in [0.2, 0.25) is 0 Å². The van der Waals surface area contributed by atoms with Crippen LogP contribution in [0.15, 0.2) is 12.2 Å². The molecule has 1 radical (unpaired) electrons. The maximum atomic E-state index is 12.6. The van der Waals surface area contributed by atoms with Gasteiger partial charge in [0.05, 0.1) is 28.4 Å². The Morgan fingerprint density at radius 3 is 1.09 bits per heavy atom. The predicted molar refractivity (Wildman–Crippen MR) is 65.2 cm³/mol. The van der Waals surface area contributed by atoms with Crippen LogP contribution >= 0.6 is 0 Å². The van der Waals surface area contributed by atoms with Gasteiger partial charge < -0.3 is 18.9 Å². The molecule has 1 rings (SSSR count). The van der Waals surface area contributed by atoms with Gasteiger partial charge in [0, 0.05) is 0 Å². The first-order chi connectivity index (χ1) is 10.3. The maximum Gasteiger partial charge on any atom is 0.344 e. The molecule has 10 nitrogen and oxygen atoms in total. The molecule has 0 spiro atoms. The Labute approximate surface area is 125 Å². The van der Waals surface area contributed by atoms with E-state index in [0.717, 1.165) is 40.6 Å². The van der Waals surface area contributed by atoms with Crippen molar-refractivity contribution in [3.05, 3.63) is 12.2 Å². The van der Waals surface area contributed by atoms with Gasteiger partial charge in [-0.2, -0.15) is 0 Å². The number of ether oxygens (including phenoxy) is 4. The van der Waals surface area contributed by atoms with Crippen molar-refractivity contribution in [1.29, 1.82) is 0 Å². The van der Waals surface area contributed by atoms with E-state index in [4.69, 9.17) is 0 Å². The Balaban J connectivity index is 3.56. The van der Waals surface area contributed by atoms with Gasteiger partial charge in [-0.1, -0.05) is 5.06 Å². The smallest absolute Gasteiger partial charge is 0.344 e. The molecule has 0 aromatic rings. The zero-order valence-corrected chi connectivity index (χ0v) is 12.3. The molecule has 1 aliphatic heterocycles. The molecule has 1 heterocycles. The van der Waals surface area contributed by atoms with Gasteiger partial charge >= 0.3 is 23.9 Å². The molecule has 0 aromatic carbocycles. The van der Waals surface area contributed by atoms with E-state index in [2.05, 4.69) is 18.9 Å². The van der Waals surface area contributed by atoms with Crippen LogP contribution in [0.5, 0.6) is 0 Å². The molecular weight excluding hydrogens is 302 g/mol. The zero-order valence-electron chi connectivity index (χ0n) is 12.3. The van der Waals surface area contributed by atoms with Gasteiger partial charge in [0.15, 0.2) is 0 Å².